The number of benzene rings is 2. The van der Waals surface area contributed by atoms with Crippen LogP contribution in [0, 0.1) is 0 Å². The Hall–Kier alpha value is -2.95. The molecule has 0 spiro atoms. The topological polar surface area (TPSA) is 112 Å². The third-order valence-corrected chi connectivity index (χ3v) is 8.13. The zero-order chi connectivity index (χ0) is 26.1. The molecule has 1 unspecified atom stereocenters. The van der Waals surface area contributed by atoms with Crippen LogP contribution in [0.25, 0.3) is 0 Å². The van der Waals surface area contributed by atoms with Crippen LogP contribution in [0.15, 0.2) is 54.6 Å². The van der Waals surface area contributed by atoms with E-state index in [-0.39, 0.29) is 11.8 Å². The number of rotatable bonds is 14. The molecule has 2 atom stereocenters. The lowest BCUT2D eigenvalue weighted by Crippen LogP contribution is -2.34. The molecule has 9 nitrogen and oxygen atoms in total. The van der Waals surface area contributed by atoms with Crippen molar-refractivity contribution >= 4 is 15.7 Å². The summed E-state index contributed by atoms with van der Waals surface area (Å²) < 4.78 is 34.8. The predicted octanol–water partition coefficient (Wildman–Crippen LogP) is 3.55. The number of aryl methyl sites for hydroxylation is 1. The first-order valence-electron chi connectivity index (χ1n) is 13.1. The molecule has 0 bridgehead atoms. The molecule has 3 N–H and O–H groups in total. The first-order chi connectivity index (χ1) is 18.0. The Labute approximate surface area is 220 Å². The molecule has 0 aliphatic carbocycles. The number of para-hydroxylation sites is 2. The smallest absolute Gasteiger partial charge is 0.212 e. The molecule has 2 aromatic carbocycles. The highest BCUT2D eigenvalue weighted by Crippen LogP contribution is 2.28. The number of sulfonamides is 1. The van der Waals surface area contributed by atoms with Gasteiger partial charge in [0.1, 0.15) is 18.2 Å². The molecule has 37 heavy (non-hydrogen) atoms. The minimum Gasteiger partial charge on any atom is -0.489 e. The molecule has 0 fully saturated rings. The second-order valence-electron chi connectivity index (χ2n) is 9.39. The lowest BCUT2D eigenvalue weighted by atomic mass is 10.1. The van der Waals surface area contributed by atoms with Crippen LogP contribution in [0.1, 0.15) is 49.9 Å². The lowest BCUT2D eigenvalue weighted by molar-refractivity contribution is 0.282. The summed E-state index contributed by atoms with van der Waals surface area (Å²) in [6.45, 7) is 7.28. The summed E-state index contributed by atoms with van der Waals surface area (Å²) in [5, 5.41) is 10.9. The van der Waals surface area contributed by atoms with Crippen LogP contribution in [0.5, 0.6) is 5.75 Å². The fourth-order valence-electron chi connectivity index (χ4n) is 4.55. The Morgan fingerprint density at radius 3 is 2.65 bits per heavy atom. The van der Waals surface area contributed by atoms with Gasteiger partial charge in [-0.1, -0.05) is 56.3 Å². The first-order valence-corrected chi connectivity index (χ1v) is 14.8. The number of hydrogen-bond acceptors (Lipinski definition) is 7. The van der Waals surface area contributed by atoms with E-state index in [0.717, 1.165) is 36.6 Å². The maximum absolute atomic E-state index is 13.0. The van der Waals surface area contributed by atoms with Gasteiger partial charge >= 0.3 is 0 Å². The molecule has 2 heterocycles. The standard InChI is InChI=1S/C27H38N6O3S/c1-3-33(4-2)17-10-18-37(34,35)32-24(16-15-21-11-6-5-7-12-21)27-29-26(30-31-27)19-22-20-36-25-14-9-8-13-23(25)28-22/h5-9,11-14,22,24,28,32H,3-4,10,15-20H2,1-2H3,(H,29,30,31)/t22?,24-/m1/s1. The van der Waals surface area contributed by atoms with Crippen LogP contribution in [-0.2, 0) is 22.9 Å². The number of anilines is 1. The molecule has 0 amide bonds. The van der Waals surface area contributed by atoms with E-state index >= 15 is 0 Å². The van der Waals surface area contributed by atoms with Crippen molar-refractivity contribution in [2.24, 2.45) is 0 Å². The van der Waals surface area contributed by atoms with Gasteiger partial charge < -0.3 is 15.0 Å². The molecule has 0 saturated heterocycles. The average Bonchev–Trinajstić information content (AvgIpc) is 3.38. The van der Waals surface area contributed by atoms with Gasteiger partial charge in [-0.15, -0.1) is 0 Å². The predicted molar refractivity (Wildman–Crippen MR) is 146 cm³/mol. The number of ether oxygens (including phenoxy) is 1. The van der Waals surface area contributed by atoms with Crippen molar-refractivity contribution in [3.05, 3.63) is 71.8 Å². The highest BCUT2D eigenvalue weighted by molar-refractivity contribution is 7.89. The Bertz CT molecular complexity index is 1210. The number of aromatic amines is 1. The van der Waals surface area contributed by atoms with Crippen LogP contribution in [0.2, 0.25) is 0 Å². The summed E-state index contributed by atoms with van der Waals surface area (Å²) in [6, 6.07) is 17.4. The number of aromatic nitrogens is 3. The zero-order valence-electron chi connectivity index (χ0n) is 21.7. The average molecular weight is 527 g/mol. The van der Waals surface area contributed by atoms with Crippen LogP contribution in [0.3, 0.4) is 0 Å². The molecule has 4 rings (SSSR count). The monoisotopic (exact) mass is 526 g/mol. The normalized spacial score (nSPS) is 16.1. The van der Waals surface area contributed by atoms with E-state index in [0.29, 0.717) is 43.9 Å². The fraction of sp³-hybridized carbons (Fsp3) is 0.481. The van der Waals surface area contributed by atoms with Crippen molar-refractivity contribution in [3.63, 3.8) is 0 Å². The van der Waals surface area contributed by atoms with E-state index < -0.39 is 16.1 Å². The quantitative estimate of drug-likeness (QED) is 0.295. The SMILES string of the molecule is CCN(CC)CCCS(=O)(=O)N[C@H](CCc1ccccc1)c1n[nH]c(CC2COc3ccccc3N2)n1. The highest BCUT2D eigenvalue weighted by Gasteiger charge is 2.25. The number of hydrogen-bond donors (Lipinski definition) is 3. The number of nitrogens with one attached hydrogen (secondary N) is 3. The van der Waals surface area contributed by atoms with E-state index in [1.54, 1.807) is 0 Å². The van der Waals surface area contributed by atoms with Gasteiger partial charge in [0.2, 0.25) is 10.0 Å². The van der Waals surface area contributed by atoms with Gasteiger partial charge in [-0.2, -0.15) is 5.10 Å². The Morgan fingerprint density at radius 2 is 1.86 bits per heavy atom. The lowest BCUT2D eigenvalue weighted by Gasteiger charge is -2.26. The summed E-state index contributed by atoms with van der Waals surface area (Å²) in [5.74, 6) is 2.08. The first kappa shape index (κ1) is 27.1. The molecule has 10 heteroatoms. The van der Waals surface area contributed by atoms with Gasteiger partial charge in [0.05, 0.1) is 23.5 Å². The molecular formula is C27H38N6O3S. The number of fused-ring (bicyclic) bond motifs is 1. The zero-order valence-corrected chi connectivity index (χ0v) is 22.5. The Balaban J connectivity index is 1.42. The van der Waals surface area contributed by atoms with Gasteiger partial charge in [0, 0.05) is 6.42 Å². The minimum atomic E-state index is -3.50. The van der Waals surface area contributed by atoms with Crippen molar-refractivity contribution in [1.29, 1.82) is 0 Å². The van der Waals surface area contributed by atoms with E-state index in [9.17, 15) is 8.42 Å². The van der Waals surface area contributed by atoms with Gasteiger partial charge in [-0.3, -0.25) is 5.10 Å². The van der Waals surface area contributed by atoms with Crippen LogP contribution in [0.4, 0.5) is 5.69 Å². The Morgan fingerprint density at radius 1 is 1.11 bits per heavy atom. The molecule has 3 aromatic rings. The fourth-order valence-corrected chi connectivity index (χ4v) is 5.84. The van der Waals surface area contributed by atoms with Crippen molar-refractivity contribution in [2.45, 2.75) is 51.6 Å². The molecular weight excluding hydrogens is 488 g/mol. The van der Waals surface area contributed by atoms with Crippen LogP contribution < -0.4 is 14.8 Å². The molecule has 1 aromatic heterocycles. The van der Waals surface area contributed by atoms with Gasteiger partial charge in [0.15, 0.2) is 5.82 Å². The van der Waals surface area contributed by atoms with Crippen molar-refractivity contribution in [3.8, 4) is 5.75 Å². The highest BCUT2D eigenvalue weighted by atomic mass is 32.2. The van der Waals surface area contributed by atoms with E-state index in [4.69, 9.17) is 9.72 Å². The van der Waals surface area contributed by atoms with Gasteiger partial charge in [-0.25, -0.2) is 18.1 Å². The van der Waals surface area contributed by atoms with Crippen molar-refractivity contribution in [2.75, 3.05) is 37.3 Å². The van der Waals surface area contributed by atoms with Crippen molar-refractivity contribution < 1.29 is 13.2 Å². The number of H-pyrrole nitrogens is 1. The second-order valence-corrected chi connectivity index (χ2v) is 11.3. The third-order valence-electron chi connectivity index (χ3n) is 6.66. The molecule has 200 valence electrons. The largest absolute Gasteiger partial charge is 0.489 e. The summed E-state index contributed by atoms with van der Waals surface area (Å²) in [5.41, 5.74) is 2.10. The maximum Gasteiger partial charge on any atom is 0.212 e. The molecule has 1 aliphatic rings. The summed E-state index contributed by atoms with van der Waals surface area (Å²) in [6.07, 6.45) is 2.45. The van der Waals surface area contributed by atoms with E-state index in [2.05, 4.69) is 39.0 Å². The van der Waals surface area contributed by atoms with Gasteiger partial charge in [-0.05, 0) is 56.6 Å². The molecule has 1 aliphatic heterocycles. The Kier molecular flexibility index (Phi) is 9.54. The molecule has 0 radical (unpaired) electrons. The molecule has 0 saturated carbocycles. The van der Waals surface area contributed by atoms with Gasteiger partial charge in [0.25, 0.3) is 0 Å². The summed E-state index contributed by atoms with van der Waals surface area (Å²) in [7, 11) is -3.50. The third kappa shape index (κ3) is 8.02. The van der Waals surface area contributed by atoms with Crippen LogP contribution in [-0.4, -0.2) is 66.5 Å². The van der Waals surface area contributed by atoms with Crippen LogP contribution >= 0.6 is 0 Å². The second kappa shape index (κ2) is 13.0. The maximum atomic E-state index is 13.0. The summed E-state index contributed by atoms with van der Waals surface area (Å²) >= 11 is 0. The van der Waals surface area contributed by atoms with E-state index in [1.807, 2.05) is 54.6 Å². The summed E-state index contributed by atoms with van der Waals surface area (Å²) in [4.78, 5) is 6.92. The van der Waals surface area contributed by atoms with Crippen molar-refractivity contribution in [1.82, 2.24) is 24.8 Å². The van der Waals surface area contributed by atoms with E-state index in [1.165, 1.54) is 0 Å². The minimum absolute atomic E-state index is 0.0373. The number of nitrogens with zero attached hydrogens (tertiary/aromatic N) is 3.